The third kappa shape index (κ3) is 8.39. The number of aliphatic hydroxyl groups excluding tert-OH is 1. The number of allylic oxidation sites excluding steroid dienone is 1. The number of nitrogens with one attached hydrogen (secondary N) is 3. The van der Waals surface area contributed by atoms with Crippen LogP contribution in [0.5, 0.6) is 17.2 Å². The number of benzene rings is 3. The van der Waals surface area contributed by atoms with Crippen molar-refractivity contribution in [3.63, 3.8) is 0 Å². The standard InChI is InChI=1S/C37H40ClN5O7/c1-6-48-32-18-25(35-34(36(45)47-5)23(3)40-37(46)41-35)11-16-31(32)50-21-33(44)42-39-19-27-17-22(2)43(24(27)4)28-12-14-29(15-13-28)49-20-26-9-7-8-10-30(26)38/h7-19,33,35,42,44H,6,20-21H2,1-5H3,(H2,40,41,46)/b39-19+/t33-,35-/m1/s1. The van der Waals surface area contributed by atoms with E-state index in [4.69, 9.17) is 30.5 Å². The summed E-state index contributed by atoms with van der Waals surface area (Å²) in [5.74, 6) is 0.908. The van der Waals surface area contributed by atoms with Gasteiger partial charge < -0.3 is 39.3 Å². The number of nitrogens with zero attached hydrogens (tertiary/aromatic N) is 2. The van der Waals surface area contributed by atoms with Gasteiger partial charge in [-0.2, -0.15) is 5.10 Å². The van der Waals surface area contributed by atoms with Crippen LogP contribution in [-0.2, 0) is 16.1 Å². The van der Waals surface area contributed by atoms with Crippen LogP contribution in [0.1, 0.15) is 48.0 Å². The molecule has 4 N–H and O–H groups in total. The molecule has 1 aliphatic rings. The molecule has 0 spiro atoms. The molecule has 5 rings (SSSR count). The number of rotatable bonds is 14. The average Bonchev–Trinajstić information content (AvgIpc) is 3.38. The van der Waals surface area contributed by atoms with E-state index in [2.05, 4.69) is 25.7 Å². The van der Waals surface area contributed by atoms with Crippen molar-refractivity contribution >= 4 is 29.8 Å². The Kier molecular flexibility index (Phi) is 11.7. The fourth-order valence-corrected chi connectivity index (χ4v) is 5.79. The zero-order valence-corrected chi connectivity index (χ0v) is 29.2. The first-order valence-electron chi connectivity index (χ1n) is 16.0. The molecule has 0 radical (unpaired) electrons. The van der Waals surface area contributed by atoms with E-state index in [0.717, 1.165) is 34.0 Å². The number of ether oxygens (including phenoxy) is 4. The third-order valence-electron chi connectivity index (χ3n) is 8.02. The maximum Gasteiger partial charge on any atom is 0.337 e. The van der Waals surface area contributed by atoms with Crippen LogP contribution in [0.2, 0.25) is 5.02 Å². The Morgan fingerprint density at radius 3 is 2.52 bits per heavy atom. The van der Waals surface area contributed by atoms with Gasteiger partial charge in [-0.15, -0.1) is 0 Å². The first-order valence-corrected chi connectivity index (χ1v) is 16.4. The molecule has 13 heteroatoms. The highest BCUT2D eigenvalue weighted by Crippen LogP contribution is 2.35. The zero-order valence-electron chi connectivity index (χ0n) is 28.5. The number of hydrogen-bond acceptors (Lipinski definition) is 9. The Morgan fingerprint density at radius 1 is 1.04 bits per heavy atom. The lowest BCUT2D eigenvalue weighted by atomic mass is 9.95. The van der Waals surface area contributed by atoms with E-state index in [0.29, 0.717) is 41.0 Å². The van der Waals surface area contributed by atoms with Gasteiger partial charge in [0.1, 0.15) is 19.0 Å². The van der Waals surface area contributed by atoms with Gasteiger partial charge in [0.2, 0.25) is 0 Å². The predicted molar refractivity (Wildman–Crippen MR) is 190 cm³/mol. The maximum atomic E-state index is 12.5. The minimum atomic E-state index is -1.14. The number of esters is 1. The lowest BCUT2D eigenvalue weighted by Crippen LogP contribution is -2.45. The van der Waals surface area contributed by atoms with Crippen LogP contribution in [0, 0.1) is 13.8 Å². The molecule has 1 aliphatic heterocycles. The fraction of sp³-hybridized carbons (Fsp3) is 0.270. The molecule has 0 aliphatic carbocycles. The number of carbonyl (C=O) groups excluding carboxylic acids is 2. The van der Waals surface area contributed by atoms with E-state index >= 15 is 0 Å². The lowest BCUT2D eigenvalue weighted by molar-refractivity contribution is -0.136. The van der Waals surface area contributed by atoms with Crippen molar-refractivity contribution in [3.05, 3.63) is 117 Å². The van der Waals surface area contributed by atoms with Crippen LogP contribution in [0.4, 0.5) is 4.79 Å². The lowest BCUT2D eigenvalue weighted by Gasteiger charge is -2.28. The van der Waals surface area contributed by atoms with Gasteiger partial charge in [-0.1, -0.05) is 35.9 Å². The molecule has 3 aromatic carbocycles. The second-order valence-corrected chi connectivity index (χ2v) is 11.9. The highest BCUT2D eigenvalue weighted by atomic mass is 35.5. The first-order chi connectivity index (χ1) is 24.1. The first kappa shape index (κ1) is 35.8. The summed E-state index contributed by atoms with van der Waals surface area (Å²) in [4.78, 5) is 24.7. The quantitative estimate of drug-likeness (QED) is 0.0555. The smallest absolute Gasteiger partial charge is 0.337 e. The van der Waals surface area contributed by atoms with Gasteiger partial charge in [0.15, 0.2) is 17.7 Å². The van der Waals surface area contributed by atoms with Crippen LogP contribution in [0.3, 0.4) is 0 Å². The summed E-state index contributed by atoms with van der Waals surface area (Å²) in [5.41, 5.74) is 8.70. The largest absolute Gasteiger partial charge is 0.490 e. The second kappa shape index (κ2) is 16.3. The highest BCUT2D eigenvalue weighted by molar-refractivity contribution is 6.31. The summed E-state index contributed by atoms with van der Waals surface area (Å²) in [6.45, 7) is 8.03. The van der Waals surface area contributed by atoms with Crippen molar-refractivity contribution in [2.45, 2.75) is 46.6 Å². The van der Waals surface area contributed by atoms with Crippen molar-refractivity contribution in [2.75, 3.05) is 20.3 Å². The molecule has 0 saturated heterocycles. The van der Waals surface area contributed by atoms with Crippen LogP contribution < -0.4 is 30.3 Å². The molecule has 262 valence electrons. The molecule has 0 saturated carbocycles. The van der Waals surface area contributed by atoms with Gasteiger partial charge in [0.05, 0.1) is 31.5 Å². The molecule has 0 unspecified atom stereocenters. The van der Waals surface area contributed by atoms with E-state index in [-0.39, 0.29) is 12.2 Å². The molecule has 2 heterocycles. The highest BCUT2D eigenvalue weighted by Gasteiger charge is 2.32. The number of hydrazone groups is 1. The zero-order chi connectivity index (χ0) is 35.8. The average molecular weight is 702 g/mol. The number of urea groups is 1. The van der Waals surface area contributed by atoms with Crippen molar-refractivity contribution in [2.24, 2.45) is 5.10 Å². The molecule has 0 bridgehead atoms. The van der Waals surface area contributed by atoms with Gasteiger partial charge in [-0.25, -0.2) is 9.59 Å². The molecule has 4 aromatic rings. The number of hydrogen-bond donors (Lipinski definition) is 4. The van der Waals surface area contributed by atoms with Gasteiger partial charge in [0, 0.05) is 38.9 Å². The third-order valence-corrected chi connectivity index (χ3v) is 8.39. The monoisotopic (exact) mass is 701 g/mol. The molecule has 2 amide bonds. The number of amides is 2. The Hall–Kier alpha value is -5.46. The van der Waals surface area contributed by atoms with E-state index in [1.807, 2.05) is 75.4 Å². The van der Waals surface area contributed by atoms with Crippen molar-refractivity contribution in [1.29, 1.82) is 0 Å². The maximum absolute atomic E-state index is 12.5. The van der Waals surface area contributed by atoms with Crippen molar-refractivity contribution in [1.82, 2.24) is 20.6 Å². The Morgan fingerprint density at radius 2 is 1.80 bits per heavy atom. The topological polar surface area (TPSA) is 145 Å². The van der Waals surface area contributed by atoms with E-state index in [1.165, 1.54) is 7.11 Å². The Balaban J connectivity index is 1.20. The van der Waals surface area contributed by atoms with Crippen LogP contribution in [0.25, 0.3) is 5.69 Å². The minimum absolute atomic E-state index is 0.142. The Bertz CT molecular complexity index is 1900. The number of methoxy groups -OCH3 is 1. The summed E-state index contributed by atoms with van der Waals surface area (Å²) in [5, 5.41) is 20.9. The second-order valence-electron chi connectivity index (χ2n) is 11.5. The van der Waals surface area contributed by atoms with E-state index in [9.17, 15) is 14.7 Å². The summed E-state index contributed by atoms with van der Waals surface area (Å²) < 4.78 is 24.6. The molecule has 2 atom stereocenters. The van der Waals surface area contributed by atoms with Crippen LogP contribution in [-0.4, -0.2) is 54.4 Å². The molecule has 50 heavy (non-hydrogen) atoms. The SMILES string of the molecule is CCOc1cc([C@H]2NC(=O)NC(C)=C2C(=O)OC)ccc1OC[C@@H](O)N/N=C/c1cc(C)n(-c2ccc(OCc3ccccc3Cl)cc2)c1C. The molecule has 1 aromatic heterocycles. The molecule has 0 fully saturated rings. The van der Waals surface area contributed by atoms with Gasteiger partial charge >= 0.3 is 12.0 Å². The summed E-state index contributed by atoms with van der Waals surface area (Å²) in [6, 6.07) is 21.3. The number of aromatic nitrogens is 1. The van der Waals surface area contributed by atoms with Gasteiger partial charge in [-0.05, 0) is 81.8 Å². The van der Waals surface area contributed by atoms with E-state index in [1.54, 1.807) is 31.3 Å². The molecular weight excluding hydrogens is 662 g/mol. The summed E-state index contributed by atoms with van der Waals surface area (Å²) in [7, 11) is 1.28. The van der Waals surface area contributed by atoms with Crippen molar-refractivity contribution < 1.29 is 33.6 Å². The number of carbonyl (C=O) groups is 2. The summed E-state index contributed by atoms with van der Waals surface area (Å²) >= 11 is 6.25. The predicted octanol–water partition coefficient (Wildman–Crippen LogP) is 5.85. The number of aliphatic hydroxyl groups is 1. The van der Waals surface area contributed by atoms with Crippen LogP contribution in [0.15, 0.2) is 89.2 Å². The van der Waals surface area contributed by atoms with Crippen LogP contribution >= 0.6 is 11.6 Å². The molecular formula is C37H40ClN5O7. The van der Waals surface area contributed by atoms with Gasteiger partial charge in [-0.3, -0.25) is 5.43 Å². The minimum Gasteiger partial charge on any atom is -0.490 e. The van der Waals surface area contributed by atoms with E-state index < -0.39 is 24.3 Å². The van der Waals surface area contributed by atoms with Gasteiger partial charge in [0.25, 0.3) is 0 Å². The normalized spacial score (nSPS) is 14.9. The number of aryl methyl sites for hydroxylation is 1. The molecule has 12 nitrogen and oxygen atoms in total. The Labute approximate surface area is 295 Å². The fourth-order valence-electron chi connectivity index (χ4n) is 5.60. The summed E-state index contributed by atoms with van der Waals surface area (Å²) in [6.07, 6.45) is 0.507. The number of halogens is 1. The van der Waals surface area contributed by atoms with Crippen molar-refractivity contribution in [3.8, 4) is 22.9 Å².